The molecular weight excluding hydrogens is 474 g/mol. The predicted octanol–water partition coefficient (Wildman–Crippen LogP) is 5.31. The molecule has 0 aliphatic carbocycles. The number of hydrogen-bond donors (Lipinski definition) is 1. The zero-order chi connectivity index (χ0) is 26.7. The molecule has 0 radical (unpaired) electrons. The fraction of sp³-hybridized carbons (Fsp3) is 0.207. The molecule has 0 fully saturated rings. The molecule has 1 amide bonds. The number of nitrogens with one attached hydrogen (secondary N) is 1. The van der Waals surface area contributed by atoms with Crippen LogP contribution in [0.1, 0.15) is 28.4 Å². The minimum absolute atomic E-state index is 0.0776. The molecule has 0 unspecified atom stereocenters. The standard InChI is InChI=1S/C29H27NO7/c1-16-12-22-25(13-17(16)2)37-28(20-8-11-24(34-4)26(14-20)35-5)29(27(22)33)36-15-23(32)19-6-9-21(10-7-19)30-18(3)31/h6-14H,15H2,1-5H3,(H,30,31). The average Bonchev–Trinajstić information content (AvgIpc) is 2.88. The van der Waals surface area contributed by atoms with Crippen LogP contribution < -0.4 is 25.0 Å². The van der Waals surface area contributed by atoms with E-state index in [1.54, 1.807) is 48.5 Å². The molecule has 3 aromatic carbocycles. The van der Waals surface area contributed by atoms with E-state index in [-0.39, 0.29) is 35.2 Å². The van der Waals surface area contributed by atoms with Crippen molar-refractivity contribution in [3.8, 4) is 28.6 Å². The highest BCUT2D eigenvalue weighted by atomic mass is 16.5. The van der Waals surface area contributed by atoms with Crippen LogP contribution in [0.5, 0.6) is 17.2 Å². The van der Waals surface area contributed by atoms with E-state index >= 15 is 0 Å². The van der Waals surface area contributed by atoms with E-state index in [2.05, 4.69) is 5.32 Å². The van der Waals surface area contributed by atoms with Crippen molar-refractivity contribution in [3.63, 3.8) is 0 Å². The van der Waals surface area contributed by atoms with Crippen LogP contribution in [0.2, 0.25) is 0 Å². The molecule has 8 heteroatoms. The number of ether oxygens (including phenoxy) is 3. The highest BCUT2D eigenvalue weighted by Gasteiger charge is 2.21. The smallest absolute Gasteiger partial charge is 0.235 e. The normalized spacial score (nSPS) is 10.7. The van der Waals surface area contributed by atoms with Crippen LogP contribution in [0, 0.1) is 13.8 Å². The number of benzene rings is 3. The molecule has 0 saturated heterocycles. The van der Waals surface area contributed by atoms with Gasteiger partial charge < -0.3 is 23.9 Å². The summed E-state index contributed by atoms with van der Waals surface area (Å²) in [5.74, 6) is 0.512. The molecule has 190 valence electrons. The van der Waals surface area contributed by atoms with Gasteiger partial charge in [0.2, 0.25) is 17.1 Å². The van der Waals surface area contributed by atoms with Gasteiger partial charge in [-0.25, -0.2) is 0 Å². The highest BCUT2D eigenvalue weighted by Crippen LogP contribution is 2.37. The first kappa shape index (κ1) is 25.5. The molecule has 8 nitrogen and oxygen atoms in total. The van der Waals surface area contributed by atoms with Crippen molar-refractivity contribution in [2.45, 2.75) is 20.8 Å². The number of aryl methyl sites for hydroxylation is 2. The highest BCUT2D eigenvalue weighted by molar-refractivity contribution is 5.98. The summed E-state index contributed by atoms with van der Waals surface area (Å²) in [6.45, 7) is 4.86. The predicted molar refractivity (Wildman–Crippen MR) is 141 cm³/mol. The van der Waals surface area contributed by atoms with Crippen molar-refractivity contribution in [1.82, 2.24) is 0 Å². The molecule has 0 aliphatic rings. The van der Waals surface area contributed by atoms with Gasteiger partial charge in [0.15, 0.2) is 29.6 Å². The first-order valence-electron chi connectivity index (χ1n) is 11.6. The number of anilines is 1. The molecule has 37 heavy (non-hydrogen) atoms. The lowest BCUT2D eigenvalue weighted by Gasteiger charge is -2.14. The number of rotatable bonds is 8. The Morgan fingerprint density at radius 1 is 0.892 bits per heavy atom. The van der Waals surface area contributed by atoms with Gasteiger partial charge in [-0.15, -0.1) is 0 Å². The number of carbonyl (C=O) groups excluding carboxylic acids is 2. The molecule has 0 aliphatic heterocycles. The number of fused-ring (bicyclic) bond motifs is 1. The Morgan fingerprint density at radius 2 is 1.57 bits per heavy atom. The zero-order valence-electron chi connectivity index (χ0n) is 21.3. The molecule has 0 saturated carbocycles. The van der Waals surface area contributed by atoms with Crippen molar-refractivity contribution >= 4 is 28.3 Å². The lowest BCUT2D eigenvalue weighted by molar-refractivity contribution is -0.114. The van der Waals surface area contributed by atoms with Crippen molar-refractivity contribution in [2.24, 2.45) is 0 Å². The average molecular weight is 502 g/mol. The van der Waals surface area contributed by atoms with Gasteiger partial charge in [0.05, 0.1) is 19.6 Å². The van der Waals surface area contributed by atoms with E-state index in [1.807, 2.05) is 19.9 Å². The van der Waals surface area contributed by atoms with Crippen molar-refractivity contribution in [1.29, 1.82) is 0 Å². The Bertz CT molecular complexity index is 1550. The lowest BCUT2D eigenvalue weighted by atomic mass is 10.0. The summed E-state index contributed by atoms with van der Waals surface area (Å²) in [6.07, 6.45) is 0. The molecule has 4 rings (SSSR count). The number of ketones is 1. The summed E-state index contributed by atoms with van der Waals surface area (Å²) in [5, 5.41) is 3.01. The quantitative estimate of drug-likeness (QED) is 0.326. The van der Waals surface area contributed by atoms with E-state index in [0.717, 1.165) is 11.1 Å². The summed E-state index contributed by atoms with van der Waals surface area (Å²) in [7, 11) is 3.04. The van der Waals surface area contributed by atoms with Crippen LogP contribution in [0.4, 0.5) is 5.69 Å². The maximum absolute atomic E-state index is 13.6. The lowest BCUT2D eigenvalue weighted by Crippen LogP contribution is -2.17. The van der Waals surface area contributed by atoms with Gasteiger partial charge in [-0.1, -0.05) is 0 Å². The molecule has 1 aromatic heterocycles. The Balaban J connectivity index is 1.75. The first-order chi connectivity index (χ1) is 17.7. The van der Waals surface area contributed by atoms with Gasteiger partial charge in [0, 0.05) is 23.7 Å². The largest absolute Gasteiger partial charge is 0.493 e. The van der Waals surface area contributed by atoms with E-state index in [0.29, 0.717) is 39.3 Å². The second-order valence-electron chi connectivity index (χ2n) is 8.56. The van der Waals surface area contributed by atoms with Gasteiger partial charge in [-0.3, -0.25) is 14.4 Å². The number of amides is 1. The molecule has 1 heterocycles. The maximum atomic E-state index is 13.6. The monoisotopic (exact) mass is 501 g/mol. The molecule has 0 spiro atoms. The summed E-state index contributed by atoms with van der Waals surface area (Å²) < 4.78 is 22.8. The summed E-state index contributed by atoms with van der Waals surface area (Å²) in [6, 6.07) is 15.1. The fourth-order valence-corrected chi connectivity index (χ4v) is 3.90. The minimum atomic E-state index is -0.388. The van der Waals surface area contributed by atoms with E-state index in [9.17, 15) is 14.4 Å². The molecule has 0 atom stereocenters. The van der Waals surface area contributed by atoms with E-state index < -0.39 is 0 Å². The Labute approximate surface area is 213 Å². The van der Waals surface area contributed by atoms with Crippen molar-refractivity contribution in [2.75, 3.05) is 26.1 Å². The Hall–Kier alpha value is -4.59. The number of Topliss-reactive ketones (excluding diaryl/α,β-unsaturated/α-hetero) is 1. The second kappa shape index (κ2) is 10.6. The number of hydrogen-bond acceptors (Lipinski definition) is 7. The minimum Gasteiger partial charge on any atom is -0.493 e. The topological polar surface area (TPSA) is 104 Å². The molecule has 4 aromatic rings. The summed E-state index contributed by atoms with van der Waals surface area (Å²) >= 11 is 0. The van der Waals surface area contributed by atoms with Gasteiger partial charge in [-0.05, 0) is 79.6 Å². The van der Waals surface area contributed by atoms with Crippen LogP contribution >= 0.6 is 0 Å². The van der Waals surface area contributed by atoms with Crippen LogP contribution in [0.25, 0.3) is 22.3 Å². The van der Waals surface area contributed by atoms with Crippen LogP contribution in [0.15, 0.2) is 63.8 Å². The van der Waals surface area contributed by atoms with E-state index in [1.165, 1.54) is 21.1 Å². The van der Waals surface area contributed by atoms with Gasteiger partial charge in [0.1, 0.15) is 5.58 Å². The van der Waals surface area contributed by atoms with Crippen molar-refractivity contribution in [3.05, 3.63) is 81.5 Å². The molecule has 1 N–H and O–H groups in total. The van der Waals surface area contributed by atoms with Crippen LogP contribution in [-0.4, -0.2) is 32.5 Å². The van der Waals surface area contributed by atoms with Crippen LogP contribution in [0.3, 0.4) is 0 Å². The summed E-state index contributed by atoms with van der Waals surface area (Å²) in [4.78, 5) is 37.7. The molecular formula is C29H27NO7. The third-order valence-corrected chi connectivity index (χ3v) is 5.99. The third-order valence-electron chi connectivity index (χ3n) is 5.99. The molecule has 0 bridgehead atoms. The van der Waals surface area contributed by atoms with Crippen molar-refractivity contribution < 1.29 is 28.2 Å². The van der Waals surface area contributed by atoms with E-state index in [4.69, 9.17) is 18.6 Å². The first-order valence-corrected chi connectivity index (χ1v) is 11.6. The second-order valence-corrected chi connectivity index (χ2v) is 8.56. The number of carbonyl (C=O) groups is 2. The Kier molecular flexibility index (Phi) is 7.29. The SMILES string of the molecule is COc1ccc(-c2oc3cc(C)c(C)cc3c(=O)c2OCC(=O)c2ccc(NC(C)=O)cc2)cc1OC. The maximum Gasteiger partial charge on any atom is 0.235 e. The zero-order valence-corrected chi connectivity index (χ0v) is 21.3. The van der Waals surface area contributed by atoms with Gasteiger partial charge >= 0.3 is 0 Å². The van der Waals surface area contributed by atoms with Crippen LogP contribution in [-0.2, 0) is 4.79 Å². The van der Waals surface area contributed by atoms with Gasteiger partial charge in [0.25, 0.3) is 0 Å². The third kappa shape index (κ3) is 5.33. The summed E-state index contributed by atoms with van der Waals surface area (Å²) in [5.41, 5.74) is 3.39. The Morgan fingerprint density at radius 3 is 2.22 bits per heavy atom. The fourth-order valence-electron chi connectivity index (χ4n) is 3.90. The number of methoxy groups -OCH3 is 2. The van der Waals surface area contributed by atoms with Gasteiger partial charge in [-0.2, -0.15) is 0 Å².